The summed E-state index contributed by atoms with van der Waals surface area (Å²) in [5.74, 6) is 1.08. The van der Waals surface area contributed by atoms with Crippen LogP contribution in [0, 0.1) is 0 Å². The zero-order valence-corrected chi connectivity index (χ0v) is 13.3. The number of rotatable bonds is 2. The quantitative estimate of drug-likeness (QED) is 0.880. The number of fused-ring (bicyclic) bond motifs is 1. The summed E-state index contributed by atoms with van der Waals surface area (Å²) in [4.78, 5) is 9.18. The van der Waals surface area contributed by atoms with Gasteiger partial charge in [-0.3, -0.25) is 4.98 Å². The topological polar surface area (TPSA) is 49.3 Å². The van der Waals surface area contributed by atoms with Crippen LogP contribution >= 0.6 is 0 Å². The highest BCUT2D eigenvalue weighted by Crippen LogP contribution is 2.39. The Balaban J connectivity index is 1.63. The van der Waals surface area contributed by atoms with Crippen LogP contribution in [0.3, 0.4) is 0 Å². The van der Waals surface area contributed by atoms with Crippen molar-refractivity contribution in [3.8, 4) is 0 Å². The molecule has 0 unspecified atom stereocenters. The van der Waals surface area contributed by atoms with Crippen molar-refractivity contribution in [2.45, 2.75) is 44.2 Å². The van der Waals surface area contributed by atoms with Crippen molar-refractivity contribution in [1.82, 2.24) is 10.3 Å². The average Bonchev–Trinajstić information content (AvgIpc) is 2.61. The molecule has 2 heterocycles. The Labute approximate surface area is 137 Å². The van der Waals surface area contributed by atoms with Gasteiger partial charge in [-0.15, -0.1) is 0 Å². The van der Waals surface area contributed by atoms with E-state index < -0.39 is 0 Å². The minimum Gasteiger partial charge on any atom is -0.370 e. The van der Waals surface area contributed by atoms with Crippen molar-refractivity contribution in [3.63, 3.8) is 0 Å². The number of benzene rings is 1. The largest absolute Gasteiger partial charge is 0.370 e. The Hall–Kier alpha value is -2.36. The first kappa shape index (κ1) is 14.2. The van der Waals surface area contributed by atoms with Crippen molar-refractivity contribution in [2.75, 3.05) is 5.32 Å². The van der Waals surface area contributed by atoms with Crippen LogP contribution in [-0.4, -0.2) is 16.4 Å². The second kappa shape index (κ2) is 6.03. The van der Waals surface area contributed by atoms with Crippen LogP contribution < -0.4 is 10.6 Å². The van der Waals surface area contributed by atoms with E-state index in [0.29, 0.717) is 0 Å². The molecule has 1 aliphatic heterocycles. The fourth-order valence-electron chi connectivity index (χ4n) is 3.63. The molecule has 118 valence electrons. The highest BCUT2D eigenvalue weighted by atomic mass is 15.2. The molecule has 4 rings (SSSR count). The zero-order chi connectivity index (χ0) is 15.5. The first-order valence-corrected chi connectivity index (χ1v) is 8.45. The molecule has 0 saturated heterocycles. The molecule has 1 aromatic carbocycles. The van der Waals surface area contributed by atoms with Gasteiger partial charge in [-0.2, -0.15) is 0 Å². The molecule has 1 spiro atoms. The Kier molecular flexibility index (Phi) is 3.74. The summed E-state index contributed by atoms with van der Waals surface area (Å²) in [5, 5.41) is 7.35. The van der Waals surface area contributed by atoms with Gasteiger partial charge in [-0.1, -0.05) is 49.6 Å². The Bertz CT molecular complexity index is 702. The fraction of sp³-hybridized carbons (Fsp3) is 0.368. The normalized spacial score (nSPS) is 18.7. The molecule has 2 aliphatic rings. The molecular weight excluding hydrogens is 284 g/mol. The summed E-state index contributed by atoms with van der Waals surface area (Å²) >= 11 is 0. The predicted molar refractivity (Wildman–Crippen MR) is 94.1 cm³/mol. The van der Waals surface area contributed by atoms with E-state index >= 15 is 0 Å². The van der Waals surface area contributed by atoms with E-state index in [-0.39, 0.29) is 5.54 Å². The number of nitrogens with one attached hydrogen (secondary N) is 2. The van der Waals surface area contributed by atoms with Gasteiger partial charge in [-0.05, 0) is 24.5 Å². The van der Waals surface area contributed by atoms with E-state index in [2.05, 4.69) is 45.9 Å². The van der Waals surface area contributed by atoms with Crippen LogP contribution in [-0.2, 0) is 6.54 Å². The molecule has 23 heavy (non-hydrogen) atoms. The highest BCUT2D eigenvalue weighted by Gasteiger charge is 2.40. The zero-order valence-electron chi connectivity index (χ0n) is 13.3. The number of hydrogen-bond donors (Lipinski definition) is 2. The van der Waals surface area contributed by atoms with Gasteiger partial charge >= 0.3 is 0 Å². The summed E-state index contributed by atoms with van der Waals surface area (Å²) < 4.78 is 0. The van der Waals surface area contributed by atoms with Gasteiger partial charge in [-0.25, -0.2) is 4.99 Å². The molecular formula is C19H22N4. The van der Waals surface area contributed by atoms with E-state index in [1.165, 1.54) is 24.8 Å². The van der Waals surface area contributed by atoms with Crippen molar-refractivity contribution in [3.05, 3.63) is 54.4 Å². The molecule has 4 nitrogen and oxygen atoms in total. The van der Waals surface area contributed by atoms with E-state index in [1.807, 2.05) is 12.3 Å². The Morgan fingerprint density at radius 3 is 2.70 bits per heavy atom. The summed E-state index contributed by atoms with van der Waals surface area (Å²) in [6.07, 6.45) is 9.75. The van der Waals surface area contributed by atoms with E-state index in [9.17, 15) is 0 Å². The smallest absolute Gasteiger partial charge is 0.128 e. The third kappa shape index (κ3) is 2.81. The van der Waals surface area contributed by atoms with Crippen LogP contribution in [0.4, 0.5) is 11.4 Å². The van der Waals surface area contributed by atoms with Crippen molar-refractivity contribution in [2.24, 2.45) is 4.99 Å². The lowest BCUT2D eigenvalue weighted by Gasteiger charge is -2.42. The molecule has 1 fully saturated rings. The first-order valence-electron chi connectivity index (χ1n) is 8.45. The minimum atomic E-state index is -0.0525. The monoisotopic (exact) mass is 306 g/mol. The Morgan fingerprint density at radius 2 is 1.87 bits per heavy atom. The number of anilines is 1. The number of amidine groups is 1. The number of aromatic nitrogens is 1. The number of hydrogen-bond acceptors (Lipinski definition) is 4. The SMILES string of the molecule is c1ccc(CNC2=Nc3ccncc3NC23CCCCC3)cc1. The second-order valence-electron chi connectivity index (χ2n) is 6.46. The molecule has 0 radical (unpaired) electrons. The van der Waals surface area contributed by atoms with Gasteiger partial charge in [0.1, 0.15) is 5.84 Å². The third-order valence-corrected chi connectivity index (χ3v) is 4.87. The van der Waals surface area contributed by atoms with Gasteiger partial charge in [0.05, 0.1) is 23.1 Å². The first-order chi connectivity index (χ1) is 11.4. The third-order valence-electron chi connectivity index (χ3n) is 4.87. The molecule has 2 N–H and O–H groups in total. The van der Waals surface area contributed by atoms with Crippen LogP contribution in [0.25, 0.3) is 0 Å². The van der Waals surface area contributed by atoms with Gasteiger partial charge in [0.25, 0.3) is 0 Å². The van der Waals surface area contributed by atoms with Crippen LogP contribution in [0.2, 0.25) is 0 Å². The Morgan fingerprint density at radius 1 is 1.04 bits per heavy atom. The number of pyridine rings is 1. The predicted octanol–water partition coefficient (Wildman–Crippen LogP) is 4.03. The van der Waals surface area contributed by atoms with Crippen LogP contribution in [0.15, 0.2) is 53.8 Å². The molecule has 0 amide bonds. The minimum absolute atomic E-state index is 0.0525. The maximum atomic E-state index is 4.94. The highest BCUT2D eigenvalue weighted by molar-refractivity contribution is 6.00. The fourth-order valence-corrected chi connectivity index (χ4v) is 3.63. The lowest BCUT2D eigenvalue weighted by molar-refractivity contribution is 0.396. The maximum Gasteiger partial charge on any atom is 0.128 e. The van der Waals surface area contributed by atoms with Gasteiger partial charge in [0, 0.05) is 12.7 Å². The van der Waals surface area contributed by atoms with Crippen molar-refractivity contribution < 1.29 is 0 Å². The molecule has 4 heteroatoms. The molecule has 0 atom stereocenters. The lowest BCUT2D eigenvalue weighted by atomic mass is 9.79. The molecule has 2 aromatic rings. The van der Waals surface area contributed by atoms with E-state index in [1.54, 1.807) is 6.20 Å². The lowest BCUT2D eigenvalue weighted by Crippen LogP contribution is -2.54. The summed E-state index contributed by atoms with van der Waals surface area (Å²) in [7, 11) is 0. The summed E-state index contributed by atoms with van der Waals surface area (Å²) in [5.41, 5.74) is 3.26. The number of nitrogens with zero attached hydrogens (tertiary/aromatic N) is 2. The standard InChI is InChI=1S/C19H22N4/c1-3-7-15(8-4-1)13-21-18-19(10-5-2-6-11-19)23-17-14-20-12-9-16(17)22-18/h1,3-4,7-9,12,14,23H,2,5-6,10-11,13H2,(H,21,22). The van der Waals surface area contributed by atoms with E-state index in [4.69, 9.17) is 4.99 Å². The van der Waals surface area contributed by atoms with E-state index in [0.717, 1.165) is 36.6 Å². The molecule has 1 saturated carbocycles. The van der Waals surface area contributed by atoms with Gasteiger partial charge in [0.2, 0.25) is 0 Å². The summed E-state index contributed by atoms with van der Waals surface area (Å²) in [6, 6.07) is 12.5. The molecule has 1 aliphatic carbocycles. The number of aliphatic imine (C=N–C) groups is 1. The molecule has 1 aromatic heterocycles. The van der Waals surface area contributed by atoms with Crippen molar-refractivity contribution in [1.29, 1.82) is 0 Å². The van der Waals surface area contributed by atoms with Crippen LogP contribution in [0.1, 0.15) is 37.7 Å². The van der Waals surface area contributed by atoms with Crippen molar-refractivity contribution >= 4 is 17.2 Å². The van der Waals surface area contributed by atoms with Crippen LogP contribution in [0.5, 0.6) is 0 Å². The van der Waals surface area contributed by atoms with Gasteiger partial charge in [0.15, 0.2) is 0 Å². The summed E-state index contributed by atoms with van der Waals surface area (Å²) in [6.45, 7) is 0.809. The average molecular weight is 306 g/mol. The molecule has 0 bridgehead atoms. The van der Waals surface area contributed by atoms with Gasteiger partial charge < -0.3 is 10.6 Å². The second-order valence-corrected chi connectivity index (χ2v) is 6.46. The maximum absolute atomic E-state index is 4.94.